The monoisotopic (exact) mass is 169 g/mol. The first-order valence-corrected chi connectivity index (χ1v) is 5.52. The van der Waals surface area contributed by atoms with Crippen LogP contribution >= 0.6 is 21.6 Å². The fraction of sp³-hybridized carbons (Fsp3) is 0.125. The van der Waals surface area contributed by atoms with Gasteiger partial charge in [-0.15, -0.1) is 0 Å². The lowest BCUT2D eigenvalue weighted by atomic mass is 10.2. The standard InChI is InChI=1S/C8H9S2/c1-7-5-3-4-6-8(7)10-9-2/h3-6H,1H2,2H3. The smallest absolute Gasteiger partial charge is 0.0214 e. The number of hydrogen-bond donors (Lipinski definition) is 0. The Hall–Kier alpha value is -0.0800. The average molecular weight is 169 g/mol. The quantitative estimate of drug-likeness (QED) is 0.623. The molecule has 0 nitrogen and oxygen atoms in total. The largest absolute Gasteiger partial charge is 0.0924 e. The van der Waals surface area contributed by atoms with Gasteiger partial charge in [-0.05, 0) is 24.8 Å². The van der Waals surface area contributed by atoms with Crippen molar-refractivity contribution in [3.8, 4) is 0 Å². The third-order valence-corrected chi connectivity index (χ3v) is 2.93. The summed E-state index contributed by atoms with van der Waals surface area (Å²) in [6, 6.07) is 8.15. The molecule has 1 radical (unpaired) electrons. The van der Waals surface area contributed by atoms with E-state index in [0.29, 0.717) is 0 Å². The summed E-state index contributed by atoms with van der Waals surface area (Å²) < 4.78 is 0. The normalized spacial score (nSPS) is 9.80. The summed E-state index contributed by atoms with van der Waals surface area (Å²) in [7, 11) is 3.50. The third-order valence-electron chi connectivity index (χ3n) is 1.15. The topological polar surface area (TPSA) is 0 Å². The molecule has 2 heteroatoms. The molecule has 0 N–H and O–H groups in total. The maximum atomic E-state index is 3.90. The van der Waals surface area contributed by atoms with Crippen LogP contribution in [0.3, 0.4) is 0 Å². The van der Waals surface area contributed by atoms with Crippen molar-refractivity contribution in [1.29, 1.82) is 0 Å². The molecule has 1 aromatic rings. The maximum Gasteiger partial charge on any atom is 0.0214 e. The second-order valence-corrected chi connectivity index (χ2v) is 4.30. The molecule has 0 atom stereocenters. The van der Waals surface area contributed by atoms with Gasteiger partial charge in [0.15, 0.2) is 0 Å². The molecule has 1 rings (SSSR count). The van der Waals surface area contributed by atoms with E-state index in [1.165, 1.54) is 4.90 Å². The Labute approximate surface area is 69.8 Å². The van der Waals surface area contributed by atoms with Gasteiger partial charge < -0.3 is 0 Å². The van der Waals surface area contributed by atoms with E-state index in [-0.39, 0.29) is 0 Å². The summed E-state index contributed by atoms with van der Waals surface area (Å²) in [5.74, 6) is 0. The Balaban J connectivity index is 2.81. The van der Waals surface area contributed by atoms with E-state index in [4.69, 9.17) is 0 Å². The van der Waals surface area contributed by atoms with Gasteiger partial charge in [0, 0.05) is 4.90 Å². The Kier molecular flexibility index (Phi) is 3.16. The predicted octanol–water partition coefficient (Wildman–Crippen LogP) is 3.24. The van der Waals surface area contributed by atoms with Crippen LogP contribution in [0.5, 0.6) is 0 Å². The minimum Gasteiger partial charge on any atom is -0.0924 e. The Morgan fingerprint density at radius 3 is 2.60 bits per heavy atom. The minimum absolute atomic E-state index is 1.11. The molecular weight excluding hydrogens is 160 g/mol. The first-order chi connectivity index (χ1) is 4.84. The van der Waals surface area contributed by atoms with E-state index in [1.807, 2.05) is 18.2 Å². The summed E-state index contributed by atoms with van der Waals surface area (Å²) in [4.78, 5) is 1.26. The molecule has 0 saturated heterocycles. The zero-order valence-electron chi connectivity index (χ0n) is 5.83. The van der Waals surface area contributed by atoms with Crippen LogP contribution in [0.2, 0.25) is 0 Å². The van der Waals surface area contributed by atoms with Crippen molar-refractivity contribution in [3.05, 3.63) is 36.8 Å². The van der Waals surface area contributed by atoms with Crippen LogP contribution in [0.15, 0.2) is 29.2 Å². The van der Waals surface area contributed by atoms with Crippen LogP contribution in [-0.2, 0) is 0 Å². The lowest BCUT2D eigenvalue weighted by molar-refractivity contribution is 1.40. The van der Waals surface area contributed by atoms with Crippen LogP contribution < -0.4 is 0 Å². The number of benzene rings is 1. The van der Waals surface area contributed by atoms with Crippen LogP contribution in [0.1, 0.15) is 5.56 Å². The van der Waals surface area contributed by atoms with Gasteiger partial charge in [0.25, 0.3) is 0 Å². The summed E-state index contributed by atoms with van der Waals surface area (Å²) in [5, 5.41) is 0. The first-order valence-electron chi connectivity index (χ1n) is 2.96. The Bertz CT molecular complexity index is 208. The lowest BCUT2D eigenvalue weighted by Gasteiger charge is -1.99. The molecule has 0 amide bonds. The van der Waals surface area contributed by atoms with Crippen molar-refractivity contribution in [2.45, 2.75) is 4.90 Å². The molecule has 53 valence electrons. The van der Waals surface area contributed by atoms with Gasteiger partial charge >= 0.3 is 0 Å². The molecule has 1 aromatic carbocycles. The van der Waals surface area contributed by atoms with Gasteiger partial charge in [-0.3, -0.25) is 0 Å². The van der Waals surface area contributed by atoms with Crippen molar-refractivity contribution in [3.63, 3.8) is 0 Å². The minimum atomic E-state index is 1.11. The second kappa shape index (κ2) is 3.94. The van der Waals surface area contributed by atoms with Crippen LogP contribution in [-0.4, -0.2) is 6.26 Å². The van der Waals surface area contributed by atoms with E-state index >= 15 is 0 Å². The zero-order chi connectivity index (χ0) is 7.40. The van der Waals surface area contributed by atoms with Crippen molar-refractivity contribution in [1.82, 2.24) is 0 Å². The molecule has 0 aliphatic rings. The van der Waals surface area contributed by atoms with Gasteiger partial charge in [0.05, 0.1) is 0 Å². The fourth-order valence-electron chi connectivity index (χ4n) is 0.675. The molecular formula is C8H9S2. The highest BCUT2D eigenvalue weighted by Crippen LogP contribution is 2.30. The first kappa shape index (κ1) is 8.02. The van der Waals surface area contributed by atoms with Gasteiger partial charge in [0.1, 0.15) is 0 Å². The highest BCUT2D eigenvalue weighted by atomic mass is 33.1. The number of rotatable bonds is 2. The van der Waals surface area contributed by atoms with E-state index in [2.05, 4.69) is 19.2 Å². The Morgan fingerprint density at radius 1 is 1.30 bits per heavy atom. The van der Waals surface area contributed by atoms with Gasteiger partial charge in [0.2, 0.25) is 0 Å². The van der Waals surface area contributed by atoms with Crippen molar-refractivity contribution >= 4 is 21.6 Å². The van der Waals surface area contributed by atoms with Crippen LogP contribution in [0.25, 0.3) is 0 Å². The van der Waals surface area contributed by atoms with Crippen LogP contribution in [0.4, 0.5) is 0 Å². The molecule has 0 aromatic heterocycles. The fourth-order valence-corrected chi connectivity index (χ4v) is 2.19. The van der Waals surface area contributed by atoms with Gasteiger partial charge in [-0.25, -0.2) is 0 Å². The molecule has 0 unspecified atom stereocenters. The van der Waals surface area contributed by atoms with Crippen molar-refractivity contribution in [2.75, 3.05) is 6.26 Å². The summed E-state index contributed by atoms with van der Waals surface area (Å²) in [6.45, 7) is 3.90. The predicted molar refractivity (Wildman–Crippen MR) is 50.3 cm³/mol. The summed E-state index contributed by atoms with van der Waals surface area (Å²) >= 11 is 0. The van der Waals surface area contributed by atoms with E-state index < -0.39 is 0 Å². The SMILES string of the molecule is [CH2]c1ccccc1SSC. The van der Waals surface area contributed by atoms with E-state index in [0.717, 1.165) is 5.56 Å². The highest BCUT2D eigenvalue weighted by Gasteiger charge is 1.93. The molecule has 0 aliphatic carbocycles. The molecule has 0 bridgehead atoms. The summed E-state index contributed by atoms with van der Waals surface area (Å²) in [6.07, 6.45) is 2.07. The Morgan fingerprint density at radius 2 is 2.00 bits per heavy atom. The second-order valence-electron chi connectivity index (χ2n) is 1.86. The molecule has 0 fully saturated rings. The molecule has 0 heterocycles. The zero-order valence-corrected chi connectivity index (χ0v) is 7.47. The molecule has 10 heavy (non-hydrogen) atoms. The van der Waals surface area contributed by atoms with Crippen molar-refractivity contribution < 1.29 is 0 Å². The van der Waals surface area contributed by atoms with Crippen LogP contribution in [0, 0.1) is 6.92 Å². The van der Waals surface area contributed by atoms with Gasteiger partial charge in [-0.2, -0.15) is 0 Å². The van der Waals surface area contributed by atoms with Crippen molar-refractivity contribution in [2.24, 2.45) is 0 Å². The maximum absolute atomic E-state index is 3.90. The lowest BCUT2D eigenvalue weighted by Crippen LogP contribution is -1.73. The van der Waals surface area contributed by atoms with E-state index in [9.17, 15) is 0 Å². The molecule has 0 saturated carbocycles. The average Bonchev–Trinajstić information content (AvgIpc) is 1.94. The molecule has 0 spiro atoms. The third kappa shape index (κ3) is 1.96. The van der Waals surface area contributed by atoms with Gasteiger partial charge in [-0.1, -0.05) is 39.8 Å². The molecule has 0 aliphatic heterocycles. The summed E-state index contributed by atoms with van der Waals surface area (Å²) in [5.41, 5.74) is 1.11. The highest BCUT2D eigenvalue weighted by molar-refractivity contribution is 8.76. The number of hydrogen-bond acceptors (Lipinski definition) is 2. The van der Waals surface area contributed by atoms with E-state index in [1.54, 1.807) is 21.6 Å².